The maximum atomic E-state index is 5.45. The van der Waals surface area contributed by atoms with Crippen molar-refractivity contribution in [3.8, 4) is 0 Å². The van der Waals surface area contributed by atoms with E-state index in [2.05, 4.69) is 70.5 Å². The lowest BCUT2D eigenvalue weighted by molar-refractivity contribution is 0.0211. The van der Waals surface area contributed by atoms with E-state index in [1.54, 1.807) is 0 Å². The Morgan fingerprint density at radius 1 is 1.00 bits per heavy atom. The van der Waals surface area contributed by atoms with Gasteiger partial charge in [-0.2, -0.15) is 0 Å². The molecule has 30 heavy (non-hydrogen) atoms. The molecule has 1 aromatic carbocycles. The van der Waals surface area contributed by atoms with Gasteiger partial charge < -0.3 is 20.3 Å². The van der Waals surface area contributed by atoms with Crippen molar-refractivity contribution in [3.63, 3.8) is 0 Å². The highest BCUT2D eigenvalue weighted by Gasteiger charge is 2.17. The van der Waals surface area contributed by atoms with Crippen molar-refractivity contribution in [3.05, 3.63) is 35.4 Å². The maximum absolute atomic E-state index is 5.45. The number of nitrogens with zero attached hydrogens (tertiary/aromatic N) is 4. The zero-order valence-corrected chi connectivity index (χ0v) is 19.1. The van der Waals surface area contributed by atoms with Crippen LogP contribution in [-0.2, 0) is 17.8 Å². The van der Waals surface area contributed by atoms with Crippen LogP contribution in [0.5, 0.6) is 0 Å². The molecule has 0 saturated carbocycles. The van der Waals surface area contributed by atoms with Gasteiger partial charge in [0.05, 0.1) is 19.8 Å². The molecule has 3 rings (SSSR count). The van der Waals surface area contributed by atoms with Crippen LogP contribution in [-0.4, -0.2) is 99.3 Å². The smallest absolute Gasteiger partial charge is 0.191 e. The number of morpholine rings is 1. The van der Waals surface area contributed by atoms with E-state index in [0.29, 0.717) is 12.6 Å². The van der Waals surface area contributed by atoms with Crippen molar-refractivity contribution in [2.45, 2.75) is 33.0 Å². The highest BCUT2D eigenvalue weighted by molar-refractivity contribution is 5.79. The van der Waals surface area contributed by atoms with Crippen LogP contribution in [0.3, 0.4) is 0 Å². The van der Waals surface area contributed by atoms with E-state index in [-0.39, 0.29) is 0 Å². The molecule has 1 atom stereocenters. The quantitative estimate of drug-likeness (QED) is 0.491. The molecule has 2 N–H and O–H groups in total. The van der Waals surface area contributed by atoms with Gasteiger partial charge in [0.1, 0.15) is 0 Å². The van der Waals surface area contributed by atoms with Crippen LogP contribution in [0.25, 0.3) is 0 Å². The molecule has 0 amide bonds. The average Bonchev–Trinajstić information content (AvgIpc) is 2.78. The third-order valence-electron chi connectivity index (χ3n) is 6.02. The summed E-state index contributed by atoms with van der Waals surface area (Å²) < 4.78 is 5.45. The third-order valence-corrected chi connectivity index (χ3v) is 6.02. The highest BCUT2D eigenvalue weighted by Crippen LogP contribution is 2.10. The number of ether oxygens (including phenoxy) is 1. The summed E-state index contributed by atoms with van der Waals surface area (Å²) in [6, 6.07) is 9.41. The molecule has 0 spiro atoms. The minimum Gasteiger partial charge on any atom is -0.379 e. The first-order valence-corrected chi connectivity index (χ1v) is 11.5. The number of hydrogen-bond donors (Lipinski definition) is 2. The van der Waals surface area contributed by atoms with Gasteiger partial charge in [0, 0.05) is 64.9 Å². The SMILES string of the molecule is CCNC(=NCc1ccc(CN2CCN(C)CC2)cc1)NCC(C)N1CCOCC1. The van der Waals surface area contributed by atoms with Gasteiger partial charge in [-0.3, -0.25) is 9.80 Å². The molecule has 1 aromatic rings. The maximum Gasteiger partial charge on any atom is 0.191 e. The number of hydrogen-bond acceptors (Lipinski definition) is 5. The molecule has 168 valence electrons. The Labute approximate surface area is 182 Å². The fraction of sp³-hybridized carbons (Fsp3) is 0.696. The Morgan fingerprint density at radius 3 is 2.33 bits per heavy atom. The fourth-order valence-electron chi connectivity index (χ4n) is 3.92. The molecule has 0 aromatic heterocycles. The highest BCUT2D eigenvalue weighted by atomic mass is 16.5. The van der Waals surface area contributed by atoms with Crippen molar-refractivity contribution in [2.75, 3.05) is 72.6 Å². The second-order valence-electron chi connectivity index (χ2n) is 8.47. The molecule has 7 nitrogen and oxygen atoms in total. The molecule has 2 saturated heterocycles. The molecule has 0 aliphatic carbocycles. The van der Waals surface area contributed by atoms with E-state index in [9.17, 15) is 0 Å². The van der Waals surface area contributed by atoms with E-state index < -0.39 is 0 Å². The molecule has 2 fully saturated rings. The molecule has 7 heteroatoms. The van der Waals surface area contributed by atoms with Crippen LogP contribution in [0.1, 0.15) is 25.0 Å². The summed E-state index contributed by atoms with van der Waals surface area (Å²) in [5.41, 5.74) is 2.63. The summed E-state index contributed by atoms with van der Waals surface area (Å²) in [6.45, 7) is 16.2. The van der Waals surface area contributed by atoms with Gasteiger partial charge in [-0.05, 0) is 32.0 Å². The van der Waals surface area contributed by atoms with Crippen LogP contribution in [0, 0.1) is 0 Å². The predicted molar refractivity (Wildman–Crippen MR) is 124 cm³/mol. The van der Waals surface area contributed by atoms with Gasteiger partial charge in [-0.1, -0.05) is 24.3 Å². The fourth-order valence-corrected chi connectivity index (χ4v) is 3.92. The molecular formula is C23H40N6O. The molecule has 0 bridgehead atoms. The van der Waals surface area contributed by atoms with Crippen LogP contribution in [0.4, 0.5) is 0 Å². The second-order valence-corrected chi connectivity index (χ2v) is 8.47. The normalized spacial score (nSPS) is 20.8. The van der Waals surface area contributed by atoms with Crippen LogP contribution in [0.2, 0.25) is 0 Å². The molecule has 2 aliphatic rings. The molecular weight excluding hydrogens is 376 g/mol. The van der Waals surface area contributed by atoms with Crippen molar-refractivity contribution in [1.82, 2.24) is 25.3 Å². The van der Waals surface area contributed by atoms with Gasteiger partial charge >= 0.3 is 0 Å². The van der Waals surface area contributed by atoms with Crippen LogP contribution in [0.15, 0.2) is 29.3 Å². The van der Waals surface area contributed by atoms with Crippen molar-refractivity contribution >= 4 is 5.96 Å². The number of guanidine groups is 1. The number of nitrogens with one attached hydrogen (secondary N) is 2. The van der Waals surface area contributed by atoms with Gasteiger partial charge in [-0.25, -0.2) is 4.99 Å². The molecule has 1 unspecified atom stereocenters. The van der Waals surface area contributed by atoms with Crippen LogP contribution >= 0.6 is 0 Å². The standard InChI is InChI=1S/C23H40N6O/c1-4-24-23(25-17-20(2)29-13-15-30-16-14-29)26-18-21-5-7-22(8-6-21)19-28-11-9-27(3)10-12-28/h5-8,20H,4,9-19H2,1-3H3,(H2,24,25,26). The van der Waals surface area contributed by atoms with Crippen molar-refractivity contribution in [1.29, 1.82) is 0 Å². The number of aliphatic imine (C=N–C) groups is 1. The van der Waals surface area contributed by atoms with E-state index in [4.69, 9.17) is 9.73 Å². The minimum atomic E-state index is 0.464. The first-order chi connectivity index (χ1) is 14.6. The Bertz CT molecular complexity index is 636. The lowest BCUT2D eigenvalue weighted by Crippen LogP contribution is -2.49. The molecule has 2 heterocycles. The molecule has 2 aliphatic heterocycles. The summed E-state index contributed by atoms with van der Waals surface area (Å²) in [5, 5.41) is 6.87. The Kier molecular flexibility index (Phi) is 9.39. The van der Waals surface area contributed by atoms with Crippen molar-refractivity contribution in [2.24, 2.45) is 4.99 Å². The van der Waals surface area contributed by atoms with Crippen molar-refractivity contribution < 1.29 is 4.74 Å². The Balaban J connectivity index is 1.46. The van der Waals surface area contributed by atoms with E-state index >= 15 is 0 Å². The first kappa shape index (κ1) is 23.0. The van der Waals surface area contributed by atoms with Gasteiger partial charge in [0.15, 0.2) is 5.96 Å². The summed E-state index contributed by atoms with van der Waals surface area (Å²) in [6.07, 6.45) is 0. The third kappa shape index (κ3) is 7.54. The van der Waals surface area contributed by atoms with E-state index in [1.807, 2.05) is 0 Å². The zero-order valence-electron chi connectivity index (χ0n) is 19.1. The number of benzene rings is 1. The Hall–Kier alpha value is -1.67. The first-order valence-electron chi connectivity index (χ1n) is 11.5. The van der Waals surface area contributed by atoms with E-state index in [1.165, 1.54) is 11.1 Å². The van der Waals surface area contributed by atoms with E-state index in [0.717, 1.165) is 78.1 Å². The number of piperazine rings is 1. The summed E-state index contributed by atoms with van der Waals surface area (Å²) in [7, 11) is 2.20. The van der Waals surface area contributed by atoms with Crippen LogP contribution < -0.4 is 10.6 Å². The summed E-state index contributed by atoms with van der Waals surface area (Å²) in [4.78, 5) is 12.2. The summed E-state index contributed by atoms with van der Waals surface area (Å²) >= 11 is 0. The Morgan fingerprint density at radius 2 is 1.67 bits per heavy atom. The predicted octanol–water partition coefficient (Wildman–Crippen LogP) is 1.21. The topological polar surface area (TPSA) is 55.4 Å². The molecule has 0 radical (unpaired) electrons. The summed E-state index contributed by atoms with van der Waals surface area (Å²) in [5.74, 6) is 0.888. The minimum absolute atomic E-state index is 0.464. The van der Waals surface area contributed by atoms with Gasteiger partial charge in [0.2, 0.25) is 0 Å². The largest absolute Gasteiger partial charge is 0.379 e. The van der Waals surface area contributed by atoms with Gasteiger partial charge in [-0.15, -0.1) is 0 Å². The second kappa shape index (κ2) is 12.2. The lowest BCUT2D eigenvalue weighted by atomic mass is 10.1. The number of rotatable bonds is 8. The number of likely N-dealkylation sites (N-methyl/N-ethyl adjacent to an activating group) is 1. The zero-order chi connectivity index (χ0) is 21.2. The average molecular weight is 417 g/mol. The lowest BCUT2D eigenvalue weighted by Gasteiger charge is -2.32. The monoisotopic (exact) mass is 416 g/mol. The van der Waals surface area contributed by atoms with Gasteiger partial charge in [0.25, 0.3) is 0 Å².